The Morgan fingerprint density at radius 1 is 1.53 bits per heavy atom. The van der Waals surface area contributed by atoms with Gasteiger partial charge >= 0.3 is 12.1 Å². The monoisotopic (exact) mass is 224 g/mol. The van der Waals surface area contributed by atoms with E-state index in [-0.39, 0.29) is 0 Å². The molecule has 15 heavy (non-hydrogen) atoms. The molecule has 0 aromatic rings. The van der Waals surface area contributed by atoms with Crippen molar-refractivity contribution in [3.63, 3.8) is 0 Å². The number of methoxy groups -OCH3 is 1. The number of hydrogen-bond donors (Lipinski definition) is 0. The number of alkyl halides is 3. The summed E-state index contributed by atoms with van der Waals surface area (Å²) in [6.07, 6.45) is -3.21. The SMILES string of the molecule is COC(C(=O)OC1C=CCC1)C(F)(F)F. The average molecular weight is 224 g/mol. The molecule has 0 heterocycles. The summed E-state index contributed by atoms with van der Waals surface area (Å²) in [6, 6.07) is 0. The van der Waals surface area contributed by atoms with E-state index in [1.54, 1.807) is 12.2 Å². The Bertz CT molecular complexity index is 260. The molecule has 0 saturated heterocycles. The van der Waals surface area contributed by atoms with Crippen LogP contribution in [-0.4, -0.2) is 31.5 Å². The lowest BCUT2D eigenvalue weighted by molar-refractivity contribution is -0.225. The van der Waals surface area contributed by atoms with Gasteiger partial charge in [0.1, 0.15) is 6.10 Å². The first-order valence-electron chi connectivity index (χ1n) is 4.42. The molecule has 1 aliphatic carbocycles. The minimum Gasteiger partial charge on any atom is -0.456 e. The number of carbonyl (C=O) groups excluding carboxylic acids is 1. The average Bonchev–Trinajstić information content (AvgIpc) is 2.54. The van der Waals surface area contributed by atoms with Crippen LogP contribution >= 0.6 is 0 Å². The van der Waals surface area contributed by atoms with Crippen LogP contribution in [-0.2, 0) is 14.3 Å². The lowest BCUT2D eigenvalue weighted by Gasteiger charge is -2.19. The summed E-state index contributed by atoms with van der Waals surface area (Å²) in [7, 11) is 0.823. The second-order valence-corrected chi connectivity index (χ2v) is 3.14. The van der Waals surface area contributed by atoms with E-state index < -0.39 is 24.4 Å². The highest BCUT2D eigenvalue weighted by Crippen LogP contribution is 2.24. The highest BCUT2D eigenvalue weighted by atomic mass is 19.4. The molecule has 86 valence electrons. The van der Waals surface area contributed by atoms with Gasteiger partial charge in [-0.3, -0.25) is 0 Å². The Kier molecular flexibility index (Phi) is 3.73. The van der Waals surface area contributed by atoms with Crippen LogP contribution in [0.2, 0.25) is 0 Å². The van der Waals surface area contributed by atoms with Crippen LogP contribution < -0.4 is 0 Å². The van der Waals surface area contributed by atoms with Gasteiger partial charge in [-0.15, -0.1) is 0 Å². The Labute approximate surface area is 84.8 Å². The van der Waals surface area contributed by atoms with E-state index in [1.165, 1.54) is 0 Å². The van der Waals surface area contributed by atoms with Gasteiger partial charge in [-0.05, 0) is 18.9 Å². The second-order valence-electron chi connectivity index (χ2n) is 3.14. The van der Waals surface area contributed by atoms with Crippen molar-refractivity contribution in [1.82, 2.24) is 0 Å². The minimum atomic E-state index is -4.73. The van der Waals surface area contributed by atoms with Crippen molar-refractivity contribution < 1.29 is 27.4 Å². The molecule has 0 radical (unpaired) electrons. The molecule has 2 unspecified atom stereocenters. The molecule has 1 rings (SSSR count). The number of esters is 1. The molecule has 1 aliphatic rings. The fraction of sp³-hybridized carbons (Fsp3) is 0.667. The van der Waals surface area contributed by atoms with Gasteiger partial charge in [0.2, 0.25) is 0 Å². The van der Waals surface area contributed by atoms with Crippen LogP contribution in [0.25, 0.3) is 0 Å². The van der Waals surface area contributed by atoms with Crippen LogP contribution in [0.15, 0.2) is 12.2 Å². The molecule has 0 bridgehead atoms. The maximum absolute atomic E-state index is 12.2. The van der Waals surface area contributed by atoms with Gasteiger partial charge in [0.05, 0.1) is 0 Å². The van der Waals surface area contributed by atoms with E-state index in [0.717, 1.165) is 7.11 Å². The van der Waals surface area contributed by atoms with Crippen molar-refractivity contribution in [1.29, 1.82) is 0 Å². The summed E-state index contributed by atoms with van der Waals surface area (Å²) in [5, 5.41) is 0. The molecule has 0 spiro atoms. The van der Waals surface area contributed by atoms with Crippen LogP contribution in [0.4, 0.5) is 13.2 Å². The zero-order chi connectivity index (χ0) is 11.5. The smallest absolute Gasteiger partial charge is 0.425 e. The van der Waals surface area contributed by atoms with Gasteiger partial charge in [-0.2, -0.15) is 13.2 Å². The third-order valence-electron chi connectivity index (χ3n) is 1.98. The van der Waals surface area contributed by atoms with Gasteiger partial charge in [-0.1, -0.05) is 6.08 Å². The van der Waals surface area contributed by atoms with Crippen molar-refractivity contribution in [2.75, 3.05) is 7.11 Å². The van der Waals surface area contributed by atoms with Crippen LogP contribution in [0.3, 0.4) is 0 Å². The Balaban J connectivity index is 2.53. The van der Waals surface area contributed by atoms with Crippen molar-refractivity contribution in [3.05, 3.63) is 12.2 Å². The number of halogens is 3. The molecule has 2 atom stereocenters. The molecule has 0 aromatic carbocycles. The Morgan fingerprint density at radius 2 is 2.20 bits per heavy atom. The number of allylic oxidation sites excluding steroid dienone is 1. The van der Waals surface area contributed by atoms with Crippen molar-refractivity contribution in [3.8, 4) is 0 Å². The van der Waals surface area contributed by atoms with Crippen molar-refractivity contribution in [2.24, 2.45) is 0 Å². The summed E-state index contributed by atoms with van der Waals surface area (Å²) in [5.41, 5.74) is 0. The maximum atomic E-state index is 12.2. The fourth-order valence-corrected chi connectivity index (χ4v) is 1.28. The molecule has 0 aromatic heterocycles. The lowest BCUT2D eigenvalue weighted by Crippen LogP contribution is -2.40. The van der Waals surface area contributed by atoms with Gasteiger partial charge in [0.25, 0.3) is 6.10 Å². The molecule has 0 fully saturated rings. The standard InChI is InChI=1S/C9H11F3O3/c1-14-7(9(10,11)12)8(13)15-6-4-2-3-5-6/h2,4,6-7H,3,5H2,1H3. The largest absolute Gasteiger partial charge is 0.456 e. The van der Waals surface area contributed by atoms with Crippen molar-refractivity contribution in [2.45, 2.75) is 31.2 Å². The summed E-state index contributed by atoms with van der Waals surface area (Å²) < 4.78 is 45.3. The minimum absolute atomic E-state index is 0.528. The van der Waals surface area contributed by atoms with Crippen molar-refractivity contribution >= 4 is 5.97 Å². The fourth-order valence-electron chi connectivity index (χ4n) is 1.28. The van der Waals surface area contributed by atoms with E-state index in [4.69, 9.17) is 0 Å². The highest BCUT2D eigenvalue weighted by molar-refractivity contribution is 5.76. The molecule has 0 amide bonds. The predicted octanol–water partition coefficient (Wildman–Crippen LogP) is 1.83. The predicted molar refractivity (Wildman–Crippen MR) is 45.1 cm³/mol. The van der Waals surface area contributed by atoms with Gasteiger partial charge < -0.3 is 9.47 Å². The molecule has 0 saturated carbocycles. The summed E-state index contributed by atoms with van der Waals surface area (Å²) in [4.78, 5) is 11.1. The number of ether oxygens (including phenoxy) is 2. The number of carbonyl (C=O) groups is 1. The van der Waals surface area contributed by atoms with E-state index in [1.807, 2.05) is 0 Å². The first kappa shape index (κ1) is 12.0. The molecular weight excluding hydrogens is 213 g/mol. The van der Waals surface area contributed by atoms with E-state index in [9.17, 15) is 18.0 Å². The van der Waals surface area contributed by atoms with E-state index in [2.05, 4.69) is 9.47 Å². The highest BCUT2D eigenvalue weighted by Gasteiger charge is 2.47. The summed E-state index contributed by atoms with van der Waals surface area (Å²) in [5.74, 6) is -1.39. The molecule has 0 N–H and O–H groups in total. The van der Waals surface area contributed by atoms with Crippen LogP contribution in [0.5, 0.6) is 0 Å². The van der Waals surface area contributed by atoms with Gasteiger partial charge in [0.15, 0.2) is 0 Å². The van der Waals surface area contributed by atoms with Crippen LogP contribution in [0.1, 0.15) is 12.8 Å². The molecular formula is C9H11F3O3. The molecule has 6 heteroatoms. The quantitative estimate of drug-likeness (QED) is 0.542. The zero-order valence-corrected chi connectivity index (χ0v) is 8.08. The zero-order valence-electron chi connectivity index (χ0n) is 8.08. The Morgan fingerprint density at radius 3 is 2.60 bits per heavy atom. The Hall–Kier alpha value is -1.04. The van der Waals surface area contributed by atoms with Crippen LogP contribution in [0, 0.1) is 0 Å². The topological polar surface area (TPSA) is 35.5 Å². The summed E-state index contributed by atoms with van der Waals surface area (Å²) >= 11 is 0. The van der Waals surface area contributed by atoms with Gasteiger partial charge in [0, 0.05) is 7.11 Å². The first-order valence-corrected chi connectivity index (χ1v) is 4.42. The number of rotatable bonds is 3. The normalized spacial score (nSPS) is 22.8. The third-order valence-corrected chi connectivity index (χ3v) is 1.98. The van der Waals surface area contributed by atoms with E-state index >= 15 is 0 Å². The second kappa shape index (κ2) is 4.65. The molecule has 3 nitrogen and oxygen atoms in total. The van der Waals surface area contributed by atoms with E-state index in [0.29, 0.717) is 12.8 Å². The lowest BCUT2D eigenvalue weighted by atomic mass is 10.3. The molecule has 0 aliphatic heterocycles. The van der Waals surface area contributed by atoms with Gasteiger partial charge in [-0.25, -0.2) is 4.79 Å². The maximum Gasteiger partial charge on any atom is 0.425 e. The first-order chi connectivity index (χ1) is 6.95. The number of hydrogen-bond acceptors (Lipinski definition) is 3. The third kappa shape index (κ3) is 3.23. The summed E-state index contributed by atoms with van der Waals surface area (Å²) in [6.45, 7) is 0.